The van der Waals surface area contributed by atoms with Gasteiger partial charge < -0.3 is 29.6 Å². The Bertz CT molecular complexity index is 666. The zero-order valence-corrected chi connectivity index (χ0v) is 19.9. The lowest BCUT2D eigenvalue weighted by molar-refractivity contribution is -0.00683. The fraction of sp³-hybridized carbons (Fsp3) is 0.650. The van der Waals surface area contributed by atoms with Gasteiger partial charge >= 0.3 is 0 Å². The quantitative estimate of drug-likeness (QED) is 0.235. The molecule has 0 atom stereocenters. The van der Waals surface area contributed by atoms with Gasteiger partial charge in [0.2, 0.25) is 6.79 Å². The molecule has 29 heavy (non-hydrogen) atoms. The number of morpholine rings is 1. The molecule has 2 aliphatic heterocycles. The van der Waals surface area contributed by atoms with E-state index in [4.69, 9.17) is 23.9 Å². The van der Waals surface area contributed by atoms with Crippen LogP contribution in [0.3, 0.4) is 0 Å². The van der Waals surface area contributed by atoms with Gasteiger partial charge in [0, 0.05) is 31.2 Å². The Balaban J connectivity index is 0.00000300. The molecule has 2 aliphatic rings. The first kappa shape index (κ1) is 23.8. The molecule has 9 heteroatoms. The van der Waals surface area contributed by atoms with E-state index in [1.54, 1.807) is 0 Å². The summed E-state index contributed by atoms with van der Waals surface area (Å²) in [5, 5.41) is 6.63. The lowest BCUT2D eigenvalue weighted by Crippen LogP contribution is -2.52. The van der Waals surface area contributed by atoms with Crippen LogP contribution >= 0.6 is 24.0 Å². The predicted octanol–water partition coefficient (Wildman–Crippen LogP) is 2.08. The van der Waals surface area contributed by atoms with Crippen LogP contribution in [-0.4, -0.2) is 75.7 Å². The summed E-state index contributed by atoms with van der Waals surface area (Å²) >= 11 is 0. The molecule has 2 heterocycles. The summed E-state index contributed by atoms with van der Waals surface area (Å²) in [5.74, 6) is 3.06. The van der Waals surface area contributed by atoms with Gasteiger partial charge in [-0.2, -0.15) is 0 Å². The van der Waals surface area contributed by atoms with E-state index in [0.29, 0.717) is 19.7 Å². The average molecular weight is 520 g/mol. The summed E-state index contributed by atoms with van der Waals surface area (Å²) in [5.41, 5.74) is -0.00484. The third kappa shape index (κ3) is 7.07. The molecule has 0 aliphatic carbocycles. The Kier molecular flexibility index (Phi) is 9.57. The van der Waals surface area contributed by atoms with Crippen molar-refractivity contribution in [3.05, 3.63) is 18.2 Å². The number of hydrogen-bond donors (Lipinski definition) is 2. The van der Waals surface area contributed by atoms with Crippen molar-refractivity contribution in [3.63, 3.8) is 0 Å². The molecule has 8 nitrogen and oxygen atoms in total. The Hall–Kier alpha value is -1.46. The number of fused-ring (bicyclic) bond motifs is 1. The SMILES string of the molecule is CCNC(=NCC(C)(C)N1CCOCC1)NCCOc1ccc2c(c1)OCO2.I. The Labute approximate surface area is 190 Å². The van der Waals surface area contributed by atoms with Gasteiger partial charge in [-0.05, 0) is 32.9 Å². The largest absolute Gasteiger partial charge is 0.492 e. The molecule has 0 bridgehead atoms. The molecular formula is C20H33IN4O4. The summed E-state index contributed by atoms with van der Waals surface area (Å²) < 4.78 is 21.9. The monoisotopic (exact) mass is 520 g/mol. The second-order valence-corrected chi connectivity index (χ2v) is 7.40. The van der Waals surface area contributed by atoms with E-state index < -0.39 is 0 Å². The number of aliphatic imine (C=N–C) groups is 1. The molecule has 0 amide bonds. The average Bonchev–Trinajstić information content (AvgIpc) is 3.18. The molecule has 2 N–H and O–H groups in total. The summed E-state index contributed by atoms with van der Waals surface area (Å²) in [7, 11) is 0. The summed E-state index contributed by atoms with van der Waals surface area (Å²) in [6.45, 7) is 13.0. The van der Waals surface area contributed by atoms with Crippen molar-refractivity contribution in [3.8, 4) is 17.2 Å². The van der Waals surface area contributed by atoms with Crippen molar-refractivity contribution in [2.75, 3.05) is 59.3 Å². The number of nitrogens with zero attached hydrogens (tertiary/aromatic N) is 2. The van der Waals surface area contributed by atoms with Gasteiger partial charge in [-0.1, -0.05) is 0 Å². The maximum Gasteiger partial charge on any atom is 0.231 e. The summed E-state index contributed by atoms with van der Waals surface area (Å²) in [6, 6.07) is 5.61. The number of rotatable bonds is 8. The third-order valence-corrected chi connectivity index (χ3v) is 4.84. The molecule has 3 rings (SSSR count). The van der Waals surface area contributed by atoms with Gasteiger partial charge in [0.15, 0.2) is 17.5 Å². The van der Waals surface area contributed by atoms with Crippen LogP contribution in [0.25, 0.3) is 0 Å². The minimum Gasteiger partial charge on any atom is -0.492 e. The first-order valence-corrected chi connectivity index (χ1v) is 9.96. The standard InChI is InChI=1S/C20H32N4O4.HI/c1-4-21-19(23-14-20(2,3)24-8-11-25-12-9-24)22-7-10-26-16-5-6-17-18(13-16)28-15-27-17;/h5-6,13H,4,7-12,14-15H2,1-3H3,(H2,21,22,23);1H. The number of ether oxygens (including phenoxy) is 4. The maximum atomic E-state index is 5.80. The highest BCUT2D eigenvalue weighted by Crippen LogP contribution is 2.34. The number of nitrogens with one attached hydrogen (secondary N) is 2. The highest BCUT2D eigenvalue weighted by molar-refractivity contribution is 14.0. The van der Waals surface area contributed by atoms with Crippen LogP contribution in [-0.2, 0) is 4.74 Å². The van der Waals surface area contributed by atoms with Crippen molar-refractivity contribution in [2.45, 2.75) is 26.3 Å². The summed E-state index contributed by atoms with van der Waals surface area (Å²) in [6.07, 6.45) is 0. The van der Waals surface area contributed by atoms with E-state index in [0.717, 1.165) is 56.1 Å². The van der Waals surface area contributed by atoms with Gasteiger partial charge in [-0.25, -0.2) is 0 Å². The van der Waals surface area contributed by atoms with Gasteiger partial charge in [0.05, 0.1) is 26.3 Å². The molecule has 0 aromatic heterocycles. The first-order chi connectivity index (χ1) is 13.6. The van der Waals surface area contributed by atoms with Gasteiger partial charge in [0.1, 0.15) is 12.4 Å². The molecule has 0 unspecified atom stereocenters. The third-order valence-electron chi connectivity index (χ3n) is 4.84. The van der Waals surface area contributed by atoms with Crippen molar-refractivity contribution in [1.29, 1.82) is 0 Å². The van der Waals surface area contributed by atoms with E-state index in [-0.39, 0.29) is 36.3 Å². The van der Waals surface area contributed by atoms with Crippen LogP contribution < -0.4 is 24.8 Å². The Morgan fingerprint density at radius 1 is 1.17 bits per heavy atom. The van der Waals surface area contributed by atoms with Crippen molar-refractivity contribution < 1.29 is 18.9 Å². The van der Waals surface area contributed by atoms with Crippen LogP contribution in [0.5, 0.6) is 17.2 Å². The normalized spacial score (nSPS) is 16.9. The zero-order valence-electron chi connectivity index (χ0n) is 17.5. The van der Waals surface area contributed by atoms with E-state index in [1.165, 1.54) is 0 Å². The fourth-order valence-corrected chi connectivity index (χ4v) is 3.19. The van der Waals surface area contributed by atoms with Gasteiger partial charge in [0.25, 0.3) is 0 Å². The molecular weight excluding hydrogens is 487 g/mol. The number of guanidine groups is 1. The predicted molar refractivity (Wildman–Crippen MR) is 124 cm³/mol. The number of hydrogen-bond acceptors (Lipinski definition) is 6. The van der Waals surface area contributed by atoms with Crippen molar-refractivity contribution >= 4 is 29.9 Å². The molecule has 0 spiro atoms. The molecule has 1 aromatic rings. The number of halogens is 1. The second kappa shape index (κ2) is 11.7. The topological polar surface area (TPSA) is 76.6 Å². The minimum absolute atomic E-state index is 0. The maximum absolute atomic E-state index is 5.80. The van der Waals surface area contributed by atoms with Crippen LogP contribution in [0.1, 0.15) is 20.8 Å². The lowest BCUT2D eigenvalue weighted by Gasteiger charge is -2.39. The zero-order chi connectivity index (χ0) is 19.8. The highest BCUT2D eigenvalue weighted by atomic mass is 127. The highest BCUT2D eigenvalue weighted by Gasteiger charge is 2.28. The van der Waals surface area contributed by atoms with E-state index in [2.05, 4.69) is 36.3 Å². The van der Waals surface area contributed by atoms with E-state index in [1.807, 2.05) is 18.2 Å². The summed E-state index contributed by atoms with van der Waals surface area (Å²) in [4.78, 5) is 7.21. The molecule has 164 valence electrons. The molecule has 1 aromatic carbocycles. The fourth-order valence-electron chi connectivity index (χ4n) is 3.19. The van der Waals surface area contributed by atoms with Gasteiger partial charge in [-0.15, -0.1) is 24.0 Å². The smallest absolute Gasteiger partial charge is 0.231 e. The molecule has 0 radical (unpaired) electrons. The Morgan fingerprint density at radius 3 is 2.69 bits per heavy atom. The lowest BCUT2D eigenvalue weighted by atomic mass is 10.0. The minimum atomic E-state index is -0.00484. The van der Waals surface area contributed by atoms with Crippen molar-refractivity contribution in [1.82, 2.24) is 15.5 Å². The van der Waals surface area contributed by atoms with E-state index >= 15 is 0 Å². The van der Waals surface area contributed by atoms with Crippen LogP contribution in [0.4, 0.5) is 0 Å². The van der Waals surface area contributed by atoms with Crippen molar-refractivity contribution in [2.24, 2.45) is 4.99 Å². The van der Waals surface area contributed by atoms with Crippen LogP contribution in [0.15, 0.2) is 23.2 Å². The molecule has 1 fully saturated rings. The van der Waals surface area contributed by atoms with E-state index in [9.17, 15) is 0 Å². The second-order valence-electron chi connectivity index (χ2n) is 7.40. The molecule has 0 saturated carbocycles. The molecule has 1 saturated heterocycles. The first-order valence-electron chi connectivity index (χ1n) is 9.96. The van der Waals surface area contributed by atoms with Crippen LogP contribution in [0.2, 0.25) is 0 Å². The van der Waals surface area contributed by atoms with Crippen LogP contribution in [0, 0.1) is 0 Å². The Morgan fingerprint density at radius 2 is 1.93 bits per heavy atom. The number of benzene rings is 1. The van der Waals surface area contributed by atoms with Gasteiger partial charge in [-0.3, -0.25) is 9.89 Å².